The van der Waals surface area contributed by atoms with Gasteiger partial charge in [-0.25, -0.2) is 13.1 Å². The van der Waals surface area contributed by atoms with Crippen LogP contribution < -0.4 is 4.72 Å². The van der Waals surface area contributed by atoms with Crippen LogP contribution in [0.4, 0.5) is 0 Å². The lowest BCUT2D eigenvalue weighted by Gasteiger charge is -2.04. The van der Waals surface area contributed by atoms with E-state index in [-0.39, 0.29) is 10.8 Å². The zero-order valence-electron chi connectivity index (χ0n) is 13.6. The van der Waals surface area contributed by atoms with Gasteiger partial charge in [-0.1, -0.05) is 48.5 Å². The van der Waals surface area contributed by atoms with Gasteiger partial charge in [0.05, 0.1) is 0 Å². The molecule has 128 valence electrons. The number of oxazole rings is 1. The number of sulfonamides is 1. The molecule has 0 unspecified atom stereocenters. The Hall–Kier alpha value is -2.44. The second-order valence-corrected chi connectivity index (χ2v) is 7.86. The van der Waals surface area contributed by atoms with Crippen LogP contribution in [0.1, 0.15) is 12.8 Å². The molecular formula is C19H18N2O3S. The van der Waals surface area contributed by atoms with Crippen molar-refractivity contribution in [3.05, 3.63) is 60.7 Å². The Balaban J connectivity index is 1.79. The largest absolute Gasteiger partial charge is 0.435 e. The summed E-state index contributed by atoms with van der Waals surface area (Å²) in [7, 11) is -3.74. The first-order valence-corrected chi connectivity index (χ1v) is 9.73. The lowest BCUT2D eigenvalue weighted by Crippen LogP contribution is -2.26. The van der Waals surface area contributed by atoms with Gasteiger partial charge in [-0.05, 0) is 30.9 Å². The maximum atomic E-state index is 12.8. The van der Waals surface area contributed by atoms with Gasteiger partial charge in [-0.2, -0.15) is 4.98 Å². The van der Waals surface area contributed by atoms with E-state index in [0.717, 1.165) is 18.4 Å². The number of rotatable bonds is 6. The molecule has 0 spiro atoms. The Labute approximate surface area is 146 Å². The summed E-state index contributed by atoms with van der Waals surface area (Å²) < 4.78 is 34.1. The molecule has 6 heteroatoms. The van der Waals surface area contributed by atoms with Crippen LogP contribution in [0.25, 0.3) is 22.8 Å². The average Bonchev–Trinajstić information content (AvgIpc) is 3.37. The Morgan fingerprint density at radius 3 is 2.16 bits per heavy atom. The molecule has 0 bridgehead atoms. The first-order valence-electron chi connectivity index (χ1n) is 8.25. The fraction of sp³-hybridized carbons (Fsp3) is 0.211. The summed E-state index contributed by atoms with van der Waals surface area (Å²) in [5.74, 6) is 1.00. The van der Waals surface area contributed by atoms with Crippen LogP contribution in [0, 0.1) is 5.92 Å². The highest BCUT2D eigenvalue weighted by Gasteiger charge is 2.30. The minimum atomic E-state index is -3.74. The van der Waals surface area contributed by atoms with Crippen LogP contribution in [0.15, 0.2) is 70.1 Å². The zero-order valence-corrected chi connectivity index (χ0v) is 14.4. The Morgan fingerprint density at radius 2 is 1.56 bits per heavy atom. The molecule has 25 heavy (non-hydrogen) atoms. The predicted octanol–water partition coefficient (Wildman–Crippen LogP) is 3.70. The van der Waals surface area contributed by atoms with E-state index in [0.29, 0.717) is 23.9 Å². The fourth-order valence-electron chi connectivity index (χ4n) is 2.58. The molecule has 0 saturated heterocycles. The molecule has 3 aromatic rings. The number of hydrogen-bond donors (Lipinski definition) is 1. The molecule has 1 saturated carbocycles. The number of benzene rings is 2. The topological polar surface area (TPSA) is 72.2 Å². The van der Waals surface area contributed by atoms with Crippen LogP contribution in [0.3, 0.4) is 0 Å². The van der Waals surface area contributed by atoms with Crippen LogP contribution in [-0.4, -0.2) is 19.9 Å². The summed E-state index contributed by atoms with van der Waals surface area (Å²) in [5.41, 5.74) is 1.42. The van der Waals surface area contributed by atoms with Gasteiger partial charge in [0.2, 0.25) is 10.9 Å². The summed E-state index contributed by atoms with van der Waals surface area (Å²) in [6, 6.07) is 18.5. The number of hydrogen-bond acceptors (Lipinski definition) is 4. The van der Waals surface area contributed by atoms with E-state index < -0.39 is 10.0 Å². The molecule has 0 aliphatic heterocycles. The lowest BCUT2D eigenvalue weighted by atomic mass is 10.2. The molecule has 1 aromatic heterocycles. The van der Waals surface area contributed by atoms with E-state index in [1.54, 1.807) is 0 Å². The monoisotopic (exact) mass is 354 g/mol. The van der Waals surface area contributed by atoms with Gasteiger partial charge in [0, 0.05) is 17.7 Å². The maximum Gasteiger partial charge on any atom is 0.262 e. The molecule has 1 fully saturated rings. The zero-order chi connectivity index (χ0) is 17.3. The van der Waals surface area contributed by atoms with E-state index in [1.807, 2.05) is 60.7 Å². The van der Waals surface area contributed by atoms with Crippen molar-refractivity contribution in [2.75, 3.05) is 6.54 Å². The molecule has 1 aliphatic carbocycles. The summed E-state index contributed by atoms with van der Waals surface area (Å²) in [5, 5.41) is -0.0572. The van der Waals surface area contributed by atoms with Crippen LogP contribution in [-0.2, 0) is 10.0 Å². The van der Waals surface area contributed by atoms with E-state index in [1.165, 1.54) is 0 Å². The quantitative estimate of drug-likeness (QED) is 0.733. The minimum absolute atomic E-state index is 0.0572. The molecule has 2 aromatic carbocycles. The SMILES string of the molecule is O=S(=O)(NCC1CC1)c1nc(-c2ccccc2)oc1-c1ccccc1. The van der Waals surface area contributed by atoms with Gasteiger partial charge in [0.25, 0.3) is 10.0 Å². The molecule has 1 N–H and O–H groups in total. The lowest BCUT2D eigenvalue weighted by molar-refractivity contribution is 0.568. The standard InChI is InChI=1S/C19H18N2O3S/c22-25(23,20-13-14-11-12-14)19-17(15-7-3-1-4-8-15)24-18(21-19)16-9-5-2-6-10-16/h1-10,14,20H,11-13H2. The van der Waals surface area contributed by atoms with Gasteiger partial charge in [0.15, 0.2) is 5.76 Å². The van der Waals surface area contributed by atoms with Crippen molar-refractivity contribution in [3.63, 3.8) is 0 Å². The average molecular weight is 354 g/mol. The highest BCUT2D eigenvalue weighted by Crippen LogP contribution is 2.33. The van der Waals surface area contributed by atoms with Gasteiger partial charge in [0.1, 0.15) is 0 Å². The van der Waals surface area contributed by atoms with Crippen LogP contribution in [0.2, 0.25) is 0 Å². The Bertz CT molecular complexity index is 962. The van der Waals surface area contributed by atoms with Crippen molar-refractivity contribution < 1.29 is 12.8 Å². The fourth-order valence-corrected chi connectivity index (χ4v) is 3.78. The van der Waals surface area contributed by atoms with Crippen molar-refractivity contribution >= 4 is 10.0 Å². The summed E-state index contributed by atoms with van der Waals surface area (Å²) in [6.07, 6.45) is 2.14. The van der Waals surface area contributed by atoms with Crippen molar-refractivity contribution in [2.45, 2.75) is 17.9 Å². The third-order valence-corrected chi connectivity index (χ3v) is 5.50. The number of aromatic nitrogens is 1. The smallest absolute Gasteiger partial charge is 0.262 e. The van der Waals surface area contributed by atoms with Crippen LogP contribution in [0.5, 0.6) is 0 Å². The summed E-state index contributed by atoms with van der Waals surface area (Å²) in [6.45, 7) is 0.449. The summed E-state index contributed by atoms with van der Waals surface area (Å²) in [4.78, 5) is 4.31. The Kier molecular flexibility index (Phi) is 4.15. The maximum absolute atomic E-state index is 12.8. The molecule has 0 atom stereocenters. The van der Waals surface area contributed by atoms with E-state index in [4.69, 9.17) is 4.42 Å². The second-order valence-electron chi connectivity index (χ2n) is 6.18. The third-order valence-electron chi connectivity index (χ3n) is 4.17. The van der Waals surface area contributed by atoms with Gasteiger partial charge in [-0.15, -0.1) is 0 Å². The number of nitrogens with one attached hydrogen (secondary N) is 1. The van der Waals surface area contributed by atoms with Crippen molar-refractivity contribution in [3.8, 4) is 22.8 Å². The van der Waals surface area contributed by atoms with Crippen molar-refractivity contribution in [1.82, 2.24) is 9.71 Å². The minimum Gasteiger partial charge on any atom is -0.435 e. The van der Waals surface area contributed by atoms with E-state index in [9.17, 15) is 8.42 Å². The molecule has 0 amide bonds. The molecular weight excluding hydrogens is 336 g/mol. The first-order chi connectivity index (χ1) is 12.1. The third kappa shape index (κ3) is 3.50. The van der Waals surface area contributed by atoms with Crippen molar-refractivity contribution in [1.29, 1.82) is 0 Å². The van der Waals surface area contributed by atoms with Crippen molar-refractivity contribution in [2.24, 2.45) is 5.92 Å². The molecule has 1 heterocycles. The van der Waals surface area contributed by atoms with Crippen LogP contribution >= 0.6 is 0 Å². The molecule has 1 aliphatic rings. The van der Waals surface area contributed by atoms with Gasteiger partial charge >= 0.3 is 0 Å². The van der Waals surface area contributed by atoms with E-state index >= 15 is 0 Å². The van der Waals surface area contributed by atoms with Gasteiger partial charge < -0.3 is 4.42 Å². The second kappa shape index (κ2) is 6.46. The Morgan fingerprint density at radius 1 is 0.960 bits per heavy atom. The normalized spacial score (nSPS) is 14.6. The highest BCUT2D eigenvalue weighted by molar-refractivity contribution is 7.89. The highest BCUT2D eigenvalue weighted by atomic mass is 32.2. The molecule has 0 radical (unpaired) electrons. The summed E-state index contributed by atoms with van der Waals surface area (Å²) >= 11 is 0. The predicted molar refractivity (Wildman–Crippen MR) is 95.3 cm³/mol. The van der Waals surface area contributed by atoms with E-state index in [2.05, 4.69) is 9.71 Å². The van der Waals surface area contributed by atoms with Gasteiger partial charge in [-0.3, -0.25) is 0 Å². The number of nitrogens with zero attached hydrogens (tertiary/aromatic N) is 1. The molecule has 4 rings (SSSR count). The molecule has 5 nitrogen and oxygen atoms in total. The first kappa shape index (κ1) is 16.1.